The van der Waals surface area contributed by atoms with E-state index in [0.717, 1.165) is 25.1 Å². The molecule has 2 heterocycles. The molecule has 0 unspecified atom stereocenters. The molecule has 0 radical (unpaired) electrons. The molecule has 1 saturated carbocycles. The first-order chi connectivity index (χ1) is 8.58. The average molecular weight is 285 g/mol. The first kappa shape index (κ1) is 13.5. The van der Waals surface area contributed by atoms with Crippen LogP contribution in [0.5, 0.6) is 0 Å². The largest absolute Gasteiger partial charge is 0.477 e. The fourth-order valence-corrected chi connectivity index (χ4v) is 1.99. The maximum Gasteiger partial charge on any atom is 0.341 e. The number of hydrogen-bond donors (Lipinski definition) is 1. The second kappa shape index (κ2) is 4.62. The Hall–Kier alpha value is -1.95. The van der Waals surface area contributed by atoms with Crippen molar-refractivity contribution in [2.75, 3.05) is 0 Å². The molecule has 1 N–H and O–H groups in total. The van der Waals surface area contributed by atoms with Crippen LogP contribution in [0.25, 0.3) is 11.0 Å². The van der Waals surface area contributed by atoms with Gasteiger partial charge in [0, 0.05) is 12.2 Å². The van der Waals surface area contributed by atoms with E-state index in [1.807, 2.05) is 0 Å². The molecule has 0 saturated heterocycles. The fraction of sp³-hybridized carbons (Fsp3) is 0.250. The van der Waals surface area contributed by atoms with Crippen LogP contribution < -0.4 is 5.43 Å². The summed E-state index contributed by atoms with van der Waals surface area (Å²) in [4.78, 5) is 26.8. The average Bonchev–Trinajstić information content (AvgIpc) is 3.14. The molecule has 5 nitrogen and oxygen atoms in total. The highest BCUT2D eigenvalue weighted by atomic mass is 35.5. The summed E-state index contributed by atoms with van der Waals surface area (Å²) in [5.74, 6) is -1.95. The molecular weight excluding hydrogens is 275 g/mol. The lowest BCUT2D eigenvalue weighted by Crippen LogP contribution is -2.19. The van der Waals surface area contributed by atoms with Crippen molar-refractivity contribution < 1.29 is 14.3 Å². The summed E-state index contributed by atoms with van der Waals surface area (Å²) in [5, 5.41) is 9.01. The van der Waals surface area contributed by atoms with Gasteiger partial charge < -0.3 is 9.67 Å². The number of aromatic carboxylic acids is 1. The normalized spacial score (nSPS) is 14.2. The van der Waals surface area contributed by atoms with Crippen LogP contribution in [-0.4, -0.2) is 20.6 Å². The summed E-state index contributed by atoms with van der Waals surface area (Å²) < 4.78 is 14.8. The van der Waals surface area contributed by atoms with E-state index < -0.39 is 17.2 Å². The molecule has 0 bridgehead atoms. The fourth-order valence-electron chi connectivity index (χ4n) is 1.99. The zero-order valence-electron chi connectivity index (χ0n) is 9.67. The van der Waals surface area contributed by atoms with Crippen LogP contribution in [-0.2, 0) is 0 Å². The number of fused-ring (bicyclic) bond motifs is 1. The standard InChI is InChI=1S/C12H9FN2O3.ClH/c13-6-3-8-10(16)9(12(17)18)5-15(7-1-2-7)11(8)14-4-6;/h3-5,7H,1-2H2,(H,17,18);1H. The predicted octanol–water partition coefficient (Wildman–Crippen LogP) is 1.99. The molecule has 100 valence electrons. The lowest BCUT2D eigenvalue weighted by Gasteiger charge is -2.09. The summed E-state index contributed by atoms with van der Waals surface area (Å²) in [5.41, 5.74) is -0.697. The second-order valence-corrected chi connectivity index (χ2v) is 4.34. The van der Waals surface area contributed by atoms with Crippen LogP contribution in [0.15, 0.2) is 23.3 Å². The molecule has 1 fully saturated rings. The Balaban J connectivity index is 0.00000133. The lowest BCUT2D eigenvalue weighted by molar-refractivity contribution is 0.0695. The maximum absolute atomic E-state index is 13.1. The van der Waals surface area contributed by atoms with Gasteiger partial charge in [0.25, 0.3) is 0 Å². The molecule has 0 spiro atoms. The molecular formula is C12H10ClFN2O3. The molecule has 1 aliphatic rings. The van der Waals surface area contributed by atoms with Gasteiger partial charge in [-0.15, -0.1) is 12.4 Å². The lowest BCUT2D eigenvalue weighted by atomic mass is 10.2. The third-order valence-electron chi connectivity index (χ3n) is 3.01. The van der Waals surface area contributed by atoms with Crippen molar-refractivity contribution in [1.29, 1.82) is 0 Å². The Morgan fingerprint density at radius 1 is 1.47 bits per heavy atom. The Morgan fingerprint density at radius 2 is 2.16 bits per heavy atom. The van der Waals surface area contributed by atoms with Crippen molar-refractivity contribution in [2.24, 2.45) is 0 Å². The van der Waals surface area contributed by atoms with Crippen LogP contribution in [0.1, 0.15) is 29.2 Å². The van der Waals surface area contributed by atoms with Crippen LogP contribution in [0.4, 0.5) is 4.39 Å². The van der Waals surface area contributed by atoms with Crippen molar-refractivity contribution in [3.8, 4) is 0 Å². The van der Waals surface area contributed by atoms with Crippen molar-refractivity contribution in [1.82, 2.24) is 9.55 Å². The van der Waals surface area contributed by atoms with Gasteiger partial charge in [0.05, 0.1) is 11.6 Å². The number of pyridine rings is 2. The number of carboxylic acid groups (broad SMARTS) is 1. The predicted molar refractivity (Wildman–Crippen MR) is 68.4 cm³/mol. The van der Waals surface area contributed by atoms with Gasteiger partial charge >= 0.3 is 5.97 Å². The first-order valence-corrected chi connectivity index (χ1v) is 5.51. The van der Waals surface area contributed by atoms with E-state index in [2.05, 4.69) is 4.98 Å². The van der Waals surface area contributed by atoms with Gasteiger partial charge in [-0.3, -0.25) is 4.79 Å². The molecule has 2 aromatic rings. The van der Waals surface area contributed by atoms with E-state index >= 15 is 0 Å². The van der Waals surface area contributed by atoms with Crippen molar-refractivity contribution in [3.63, 3.8) is 0 Å². The molecule has 1 aliphatic carbocycles. The Labute approximate surface area is 113 Å². The van der Waals surface area contributed by atoms with E-state index in [9.17, 15) is 14.0 Å². The van der Waals surface area contributed by atoms with Crippen LogP contribution in [0.2, 0.25) is 0 Å². The summed E-state index contributed by atoms with van der Waals surface area (Å²) in [6.45, 7) is 0. The number of nitrogens with zero attached hydrogens (tertiary/aromatic N) is 2. The number of aromatic nitrogens is 2. The smallest absolute Gasteiger partial charge is 0.341 e. The highest BCUT2D eigenvalue weighted by Gasteiger charge is 2.27. The van der Waals surface area contributed by atoms with Gasteiger partial charge in [-0.25, -0.2) is 14.2 Å². The zero-order valence-corrected chi connectivity index (χ0v) is 10.5. The van der Waals surface area contributed by atoms with Crippen molar-refractivity contribution >= 4 is 29.4 Å². The third-order valence-corrected chi connectivity index (χ3v) is 3.01. The summed E-state index contributed by atoms with van der Waals surface area (Å²) >= 11 is 0. The molecule has 0 aliphatic heterocycles. The molecule has 2 aromatic heterocycles. The number of halogens is 2. The van der Waals surface area contributed by atoms with Gasteiger partial charge in [0.15, 0.2) is 0 Å². The minimum Gasteiger partial charge on any atom is -0.477 e. The van der Waals surface area contributed by atoms with Crippen molar-refractivity contribution in [2.45, 2.75) is 18.9 Å². The van der Waals surface area contributed by atoms with E-state index in [1.165, 1.54) is 6.20 Å². The molecule has 7 heteroatoms. The van der Waals surface area contributed by atoms with Gasteiger partial charge in [0.1, 0.15) is 17.0 Å². The number of carbonyl (C=O) groups is 1. The quantitative estimate of drug-likeness (QED) is 0.915. The molecule has 0 amide bonds. The number of hydrogen-bond acceptors (Lipinski definition) is 3. The maximum atomic E-state index is 13.1. The Kier molecular flexibility index (Phi) is 3.28. The number of rotatable bonds is 2. The first-order valence-electron chi connectivity index (χ1n) is 5.51. The van der Waals surface area contributed by atoms with Gasteiger partial charge in [-0.1, -0.05) is 0 Å². The topological polar surface area (TPSA) is 72.2 Å². The summed E-state index contributed by atoms with van der Waals surface area (Å²) in [6.07, 6.45) is 4.16. The van der Waals surface area contributed by atoms with Gasteiger partial charge in [-0.05, 0) is 18.9 Å². The van der Waals surface area contributed by atoms with E-state index in [0.29, 0.717) is 5.65 Å². The highest BCUT2D eigenvalue weighted by molar-refractivity contribution is 5.91. The number of carboxylic acids is 1. The second-order valence-electron chi connectivity index (χ2n) is 4.34. The molecule has 0 atom stereocenters. The van der Waals surface area contributed by atoms with Gasteiger partial charge in [-0.2, -0.15) is 0 Å². The SMILES string of the molecule is Cl.O=C(O)c1cn(C2CC2)c2ncc(F)cc2c1=O. The van der Waals surface area contributed by atoms with E-state index in [4.69, 9.17) is 5.11 Å². The summed E-state index contributed by atoms with van der Waals surface area (Å²) in [6, 6.07) is 1.19. The van der Waals surface area contributed by atoms with E-state index in [1.54, 1.807) is 4.57 Å². The highest BCUT2D eigenvalue weighted by Crippen LogP contribution is 2.36. The van der Waals surface area contributed by atoms with Crippen molar-refractivity contribution in [3.05, 3.63) is 40.1 Å². The Bertz CT molecular complexity index is 725. The zero-order chi connectivity index (χ0) is 12.9. The third kappa shape index (κ3) is 2.19. The Morgan fingerprint density at radius 3 is 2.74 bits per heavy atom. The minimum atomic E-state index is -1.31. The molecule has 0 aromatic carbocycles. The monoisotopic (exact) mass is 284 g/mol. The summed E-state index contributed by atoms with van der Waals surface area (Å²) in [7, 11) is 0. The van der Waals surface area contributed by atoms with E-state index in [-0.39, 0.29) is 29.4 Å². The van der Waals surface area contributed by atoms with Crippen LogP contribution in [0.3, 0.4) is 0 Å². The molecule has 3 rings (SSSR count). The van der Waals surface area contributed by atoms with Crippen LogP contribution in [0, 0.1) is 5.82 Å². The van der Waals surface area contributed by atoms with Gasteiger partial charge in [0.2, 0.25) is 5.43 Å². The molecule has 19 heavy (non-hydrogen) atoms. The van der Waals surface area contributed by atoms with Crippen LogP contribution >= 0.6 is 12.4 Å². The minimum absolute atomic E-state index is 0.